The fourth-order valence-corrected chi connectivity index (χ4v) is 20.2. The van der Waals surface area contributed by atoms with Gasteiger partial charge in [0.1, 0.15) is 27.6 Å². The largest absolute Gasteiger partial charge is 0.456 e. The Bertz CT molecular complexity index is 2570. The zero-order chi connectivity index (χ0) is 37.7. The van der Waals surface area contributed by atoms with E-state index in [-0.39, 0.29) is 5.41 Å². The van der Waals surface area contributed by atoms with Crippen LogP contribution in [0.3, 0.4) is 0 Å². The number of ether oxygens (including phenoxy) is 1. The third kappa shape index (κ3) is 5.29. The molecule has 0 bridgehead atoms. The zero-order valence-electron chi connectivity index (χ0n) is 32.1. The van der Waals surface area contributed by atoms with Crippen LogP contribution in [0.2, 0.25) is 26.2 Å². The first-order valence-electron chi connectivity index (χ1n) is 19.2. The SMILES string of the molecule is CC1(C)c2ccccc2Oc2c(-c3ccc(N(c4cccc5c4Sc4ccccc4[Si]5(C)C)c4cccc5c4Sc4ccccc4[Si]5(C)C)cc3)cccc21. The number of benzene rings is 7. The van der Waals surface area contributed by atoms with Crippen molar-refractivity contribution in [1.29, 1.82) is 0 Å². The van der Waals surface area contributed by atoms with Crippen LogP contribution in [-0.2, 0) is 5.41 Å². The van der Waals surface area contributed by atoms with Crippen molar-refractivity contribution in [2.75, 3.05) is 4.90 Å². The van der Waals surface area contributed by atoms with Gasteiger partial charge in [-0.15, -0.1) is 0 Å². The molecule has 2 nitrogen and oxygen atoms in total. The molecule has 0 amide bonds. The van der Waals surface area contributed by atoms with Gasteiger partial charge in [0.05, 0.1) is 11.4 Å². The lowest BCUT2D eigenvalue weighted by Crippen LogP contribution is -2.56. The quantitative estimate of drug-likeness (QED) is 0.165. The van der Waals surface area contributed by atoms with Gasteiger partial charge in [0.25, 0.3) is 0 Å². The predicted octanol–water partition coefficient (Wildman–Crippen LogP) is 11.8. The normalized spacial score (nSPS) is 16.3. The highest BCUT2D eigenvalue weighted by Crippen LogP contribution is 2.52. The van der Waals surface area contributed by atoms with Gasteiger partial charge >= 0.3 is 0 Å². The fraction of sp³-hybridized carbons (Fsp3) is 0.143. The van der Waals surface area contributed by atoms with Crippen LogP contribution in [0.1, 0.15) is 25.0 Å². The maximum atomic E-state index is 6.73. The first-order valence-corrected chi connectivity index (χ1v) is 26.8. The van der Waals surface area contributed by atoms with Crippen LogP contribution in [0.4, 0.5) is 17.1 Å². The van der Waals surface area contributed by atoms with Crippen molar-refractivity contribution in [3.63, 3.8) is 0 Å². The lowest BCUT2D eigenvalue weighted by Gasteiger charge is -2.39. The summed E-state index contributed by atoms with van der Waals surface area (Å²) in [5, 5.41) is 6.06. The summed E-state index contributed by atoms with van der Waals surface area (Å²) in [4.78, 5) is 8.10. The second kappa shape index (κ2) is 12.7. The number of nitrogens with zero attached hydrogens (tertiary/aromatic N) is 1. The van der Waals surface area contributed by atoms with Gasteiger partial charge in [-0.25, -0.2) is 0 Å². The monoisotopic (exact) mass is 781 g/mol. The molecule has 10 rings (SSSR count). The van der Waals surface area contributed by atoms with E-state index >= 15 is 0 Å². The minimum absolute atomic E-state index is 0.170. The second-order valence-corrected chi connectivity index (χ2v) is 27.3. The Hall–Kier alpha value is -4.73. The molecule has 7 aromatic carbocycles. The molecule has 6 heteroatoms. The molecule has 0 radical (unpaired) electrons. The van der Waals surface area contributed by atoms with Crippen LogP contribution in [0.25, 0.3) is 11.1 Å². The van der Waals surface area contributed by atoms with Crippen molar-refractivity contribution in [1.82, 2.24) is 0 Å². The minimum atomic E-state index is -1.97. The maximum Gasteiger partial charge on any atom is 0.139 e. The summed E-state index contributed by atoms with van der Waals surface area (Å²) in [6, 6.07) is 56.6. The summed E-state index contributed by atoms with van der Waals surface area (Å²) in [6.07, 6.45) is 0. The van der Waals surface area contributed by atoms with Crippen molar-refractivity contribution < 1.29 is 4.74 Å². The van der Waals surface area contributed by atoms with E-state index in [2.05, 4.69) is 197 Å². The van der Waals surface area contributed by atoms with Gasteiger partial charge in [0.2, 0.25) is 0 Å². The third-order valence-corrected chi connectivity index (χ3v) is 22.5. The Morgan fingerprint density at radius 3 is 1.58 bits per heavy atom. The van der Waals surface area contributed by atoms with Gasteiger partial charge in [-0.05, 0) is 68.8 Å². The van der Waals surface area contributed by atoms with Crippen molar-refractivity contribution in [2.24, 2.45) is 0 Å². The lowest BCUT2D eigenvalue weighted by atomic mass is 9.75. The molecule has 0 spiro atoms. The van der Waals surface area contributed by atoms with E-state index in [1.165, 1.54) is 62.8 Å². The predicted molar refractivity (Wildman–Crippen MR) is 240 cm³/mol. The molecule has 0 saturated heterocycles. The number of anilines is 3. The van der Waals surface area contributed by atoms with Crippen molar-refractivity contribution in [3.05, 3.63) is 163 Å². The zero-order valence-corrected chi connectivity index (χ0v) is 35.7. The first-order chi connectivity index (χ1) is 26.5. The maximum absolute atomic E-state index is 6.73. The Kier molecular flexibility index (Phi) is 7.99. The average Bonchev–Trinajstić information content (AvgIpc) is 3.19. The fourth-order valence-electron chi connectivity index (χ4n) is 9.15. The highest BCUT2D eigenvalue weighted by Gasteiger charge is 2.40. The van der Waals surface area contributed by atoms with E-state index in [4.69, 9.17) is 4.74 Å². The van der Waals surface area contributed by atoms with Crippen LogP contribution < -0.4 is 30.4 Å². The van der Waals surface area contributed by atoms with E-state index in [1.54, 1.807) is 0 Å². The molecule has 3 heterocycles. The highest BCUT2D eigenvalue weighted by atomic mass is 32.2. The number of para-hydroxylation sites is 2. The Balaban J connectivity index is 1.15. The van der Waals surface area contributed by atoms with E-state index in [0.29, 0.717) is 0 Å². The molecule has 3 aliphatic rings. The molecule has 0 fully saturated rings. The first kappa shape index (κ1) is 34.7. The molecule has 0 atom stereocenters. The van der Waals surface area contributed by atoms with Crippen LogP contribution in [0, 0.1) is 0 Å². The van der Waals surface area contributed by atoms with Crippen LogP contribution in [0.15, 0.2) is 171 Å². The molecule has 7 aromatic rings. The molecule has 0 unspecified atom stereocenters. The molecule has 0 aromatic heterocycles. The molecule has 0 N–H and O–H groups in total. The summed E-state index contributed by atoms with van der Waals surface area (Å²) in [5.74, 6) is 1.89. The molecule has 3 aliphatic heterocycles. The van der Waals surface area contributed by atoms with Gasteiger partial charge in [-0.3, -0.25) is 0 Å². The molecule has 0 saturated carbocycles. The van der Waals surface area contributed by atoms with Gasteiger partial charge < -0.3 is 9.64 Å². The van der Waals surface area contributed by atoms with Crippen molar-refractivity contribution in [3.8, 4) is 22.6 Å². The van der Waals surface area contributed by atoms with Crippen LogP contribution in [0.5, 0.6) is 11.5 Å². The number of hydrogen-bond acceptors (Lipinski definition) is 4. The van der Waals surface area contributed by atoms with Gasteiger partial charge in [0, 0.05) is 47.4 Å². The van der Waals surface area contributed by atoms with Gasteiger partial charge in [0.15, 0.2) is 0 Å². The number of hydrogen-bond donors (Lipinski definition) is 0. The molecule has 270 valence electrons. The third-order valence-electron chi connectivity index (χ3n) is 12.3. The molecular formula is C49H43NOS2Si2. The number of fused-ring (bicyclic) bond motifs is 6. The Labute approximate surface area is 335 Å². The number of rotatable bonds is 4. The van der Waals surface area contributed by atoms with E-state index in [0.717, 1.165) is 28.3 Å². The minimum Gasteiger partial charge on any atom is -0.456 e. The van der Waals surface area contributed by atoms with Gasteiger partial charge in [-0.1, -0.05) is 173 Å². The molecule has 55 heavy (non-hydrogen) atoms. The second-order valence-electron chi connectivity index (χ2n) is 16.5. The summed E-state index contributed by atoms with van der Waals surface area (Å²) in [6.45, 7) is 14.7. The lowest BCUT2D eigenvalue weighted by molar-refractivity contribution is 0.419. The summed E-state index contributed by atoms with van der Waals surface area (Å²) >= 11 is 3.89. The van der Waals surface area contributed by atoms with Crippen LogP contribution >= 0.6 is 23.5 Å². The van der Waals surface area contributed by atoms with E-state index in [9.17, 15) is 0 Å². The highest BCUT2D eigenvalue weighted by molar-refractivity contribution is 8.00. The van der Waals surface area contributed by atoms with E-state index in [1.807, 2.05) is 23.5 Å². The van der Waals surface area contributed by atoms with Crippen molar-refractivity contribution in [2.45, 2.75) is 65.0 Å². The molecule has 0 aliphatic carbocycles. The Morgan fingerprint density at radius 1 is 0.491 bits per heavy atom. The smallest absolute Gasteiger partial charge is 0.139 e. The van der Waals surface area contributed by atoms with E-state index < -0.39 is 16.1 Å². The van der Waals surface area contributed by atoms with Crippen LogP contribution in [-0.4, -0.2) is 16.1 Å². The molecular weight excluding hydrogens is 739 g/mol. The topological polar surface area (TPSA) is 12.5 Å². The van der Waals surface area contributed by atoms with Gasteiger partial charge in [-0.2, -0.15) is 0 Å². The standard InChI is InChI=1S/C49H43NOS2Si2/c1-49(2)35-17-7-8-21-39(35)51-46-34(16-13-18-36(46)49)32-28-30-33(31-29-32)50(37-19-14-26-44-47(37)52-40-22-9-11-24-42(40)54(44,3)4)38-20-15-27-45-48(38)53-41-23-10-12-25-43(41)55(45,5)6/h7-31H,1-6H3. The summed E-state index contributed by atoms with van der Waals surface area (Å²) in [7, 11) is -3.95. The summed E-state index contributed by atoms with van der Waals surface area (Å²) in [5.41, 5.74) is 8.18. The summed E-state index contributed by atoms with van der Waals surface area (Å²) < 4.78 is 6.73. The van der Waals surface area contributed by atoms with Crippen molar-refractivity contribution >= 4 is 77.5 Å². The average molecular weight is 782 g/mol. The Morgan fingerprint density at radius 2 is 0.982 bits per heavy atom.